The highest BCUT2D eigenvalue weighted by Crippen LogP contribution is 2.29. The van der Waals surface area contributed by atoms with Gasteiger partial charge in [0.2, 0.25) is 5.91 Å². The van der Waals surface area contributed by atoms with Gasteiger partial charge >= 0.3 is 0 Å². The number of thiophene rings is 1. The van der Waals surface area contributed by atoms with E-state index in [4.69, 9.17) is 10.5 Å². The fourth-order valence-corrected chi connectivity index (χ4v) is 3.56. The fourth-order valence-electron chi connectivity index (χ4n) is 2.56. The fraction of sp³-hybridized carbons (Fsp3) is 0.421. The van der Waals surface area contributed by atoms with Crippen LogP contribution in [0, 0.1) is 5.82 Å². The molecule has 0 saturated carbocycles. The predicted octanol–water partition coefficient (Wildman–Crippen LogP) is 4.08. The molecule has 144 valence electrons. The van der Waals surface area contributed by atoms with E-state index in [0.717, 1.165) is 15.3 Å². The van der Waals surface area contributed by atoms with Crippen molar-refractivity contribution < 1.29 is 13.9 Å². The molecule has 1 aromatic heterocycles. The number of halogens is 2. The van der Waals surface area contributed by atoms with Crippen molar-refractivity contribution in [1.82, 2.24) is 4.90 Å². The van der Waals surface area contributed by atoms with Crippen LogP contribution >= 0.6 is 23.7 Å². The first-order chi connectivity index (χ1) is 11.9. The van der Waals surface area contributed by atoms with Crippen molar-refractivity contribution in [1.29, 1.82) is 0 Å². The normalized spacial score (nSPS) is 11.9. The van der Waals surface area contributed by atoms with Crippen LogP contribution in [0.1, 0.15) is 25.1 Å². The van der Waals surface area contributed by atoms with Gasteiger partial charge in [0.15, 0.2) is 0 Å². The summed E-state index contributed by atoms with van der Waals surface area (Å²) in [6.45, 7) is 4.82. The van der Waals surface area contributed by atoms with Gasteiger partial charge in [0.1, 0.15) is 5.82 Å². The van der Waals surface area contributed by atoms with E-state index in [0.29, 0.717) is 13.1 Å². The molecule has 1 unspecified atom stereocenters. The molecule has 2 rings (SSSR count). The minimum Gasteiger partial charge on any atom is -0.380 e. The maximum atomic E-state index is 13.4. The molecule has 2 aromatic rings. The van der Waals surface area contributed by atoms with Crippen molar-refractivity contribution in [2.24, 2.45) is 5.73 Å². The number of carbonyl (C=O) groups excluding carboxylic acids is 1. The summed E-state index contributed by atoms with van der Waals surface area (Å²) in [6, 6.07) is 10.6. The molecule has 0 saturated heterocycles. The Hall–Kier alpha value is -1.47. The Kier molecular flexibility index (Phi) is 9.22. The molecule has 1 aromatic carbocycles. The summed E-state index contributed by atoms with van der Waals surface area (Å²) in [4.78, 5) is 16.5. The van der Waals surface area contributed by atoms with Crippen molar-refractivity contribution in [3.8, 4) is 10.4 Å². The molecule has 1 atom stereocenters. The minimum absolute atomic E-state index is 0. The van der Waals surface area contributed by atoms with Gasteiger partial charge in [0.05, 0.1) is 19.1 Å². The third-order valence-corrected chi connectivity index (χ3v) is 5.16. The van der Waals surface area contributed by atoms with Crippen LogP contribution in [0.2, 0.25) is 0 Å². The molecule has 0 bridgehead atoms. The summed E-state index contributed by atoms with van der Waals surface area (Å²) in [5.41, 5.74) is 6.46. The number of ether oxygens (including phenoxy) is 1. The maximum Gasteiger partial charge on any atom is 0.225 e. The number of nitrogens with zero attached hydrogens (tertiary/aromatic N) is 1. The second-order valence-electron chi connectivity index (χ2n) is 6.19. The summed E-state index contributed by atoms with van der Waals surface area (Å²) in [5, 5.41) is 0. The monoisotopic (exact) mass is 400 g/mol. The van der Waals surface area contributed by atoms with Gasteiger partial charge in [-0.1, -0.05) is 12.1 Å². The Labute approximate surface area is 164 Å². The Bertz CT molecular complexity index is 704. The van der Waals surface area contributed by atoms with Crippen LogP contribution in [0.15, 0.2) is 36.4 Å². The van der Waals surface area contributed by atoms with Crippen LogP contribution in [-0.2, 0) is 16.1 Å². The molecule has 1 amide bonds. The van der Waals surface area contributed by atoms with Crippen LogP contribution < -0.4 is 5.73 Å². The zero-order valence-electron chi connectivity index (χ0n) is 15.3. The molecule has 7 heteroatoms. The highest BCUT2D eigenvalue weighted by atomic mass is 35.5. The summed E-state index contributed by atoms with van der Waals surface area (Å²) < 4.78 is 18.6. The number of amides is 1. The molecule has 26 heavy (non-hydrogen) atoms. The van der Waals surface area contributed by atoms with Crippen LogP contribution in [0.5, 0.6) is 0 Å². The molecule has 0 spiro atoms. The highest BCUT2D eigenvalue weighted by Gasteiger charge is 2.21. The van der Waals surface area contributed by atoms with E-state index in [2.05, 4.69) is 0 Å². The lowest BCUT2D eigenvalue weighted by Gasteiger charge is -2.27. The van der Waals surface area contributed by atoms with Gasteiger partial charge < -0.3 is 15.4 Å². The largest absolute Gasteiger partial charge is 0.380 e. The van der Waals surface area contributed by atoms with Crippen molar-refractivity contribution in [3.63, 3.8) is 0 Å². The Morgan fingerprint density at radius 2 is 2.04 bits per heavy atom. The molecule has 4 nitrogen and oxygen atoms in total. The molecule has 2 N–H and O–H groups in total. The summed E-state index contributed by atoms with van der Waals surface area (Å²) in [6.07, 6.45) is 0.00720. The van der Waals surface area contributed by atoms with Crippen molar-refractivity contribution in [2.75, 3.05) is 13.7 Å². The first-order valence-corrected chi connectivity index (χ1v) is 9.13. The van der Waals surface area contributed by atoms with Gasteiger partial charge in [-0.15, -0.1) is 23.7 Å². The zero-order valence-corrected chi connectivity index (χ0v) is 16.9. The molecule has 0 radical (unpaired) electrons. The first kappa shape index (κ1) is 22.6. The SMILES string of the molecule is COC(CN)CC(=O)N(Cc1ccc(-c2cccc(F)c2)s1)C(C)C.Cl. The lowest BCUT2D eigenvalue weighted by atomic mass is 10.2. The van der Waals surface area contributed by atoms with Crippen LogP contribution in [-0.4, -0.2) is 36.6 Å². The third kappa shape index (κ3) is 6.06. The van der Waals surface area contributed by atoms with Gasteiger partial charge in [-0.25, -0.2) is 4.39 Å². The van der Waals surface area contributed by atoms with Gasteiger partial charge in [0.25, 0.3) is 0 Å². The number of benzene rings is 1. The summed E-state index contributed by atoms with van der Waals surface area (Å²) in [5.74, 6) is -0.230. The number of nitrogens with two attached hydrogens (primary N) is 1. The highest BCUT2D eigenvalue weighted by molar-refractivity contribution is 7.15. The van der Waals surface area contributed by atoms with Gasteiger partial charge in [0, 0.05) is 29.5 Å². The summed E-state index contributed by atoms with van der Waals surface area (Å²) >= 11 is 1.57. The predicted molar refractivity (Wildman–Crippen MR) is 107 cm³/mol. The number of methoxy groups -OCH3 is 1. The molecule has 0 fully saturated rings. The Morgan fingerprint density at radius 1 is 1.31 bits per heavy atom. The maximum absolute atomic E-state index is 13.4. The molecule has 0 aliphatic carbocycles. The quantitative estimate of drug-likeness (QED) is 0.726. The van der Waals surface area contributed by atoms with Crippen LogP contribution in [0.3, 0.4) is 0 Å². The molecule has 0 aliphatic heterocycles. The van der Waals surface area contributed by atoms with E-state index < -0.39 is 0 Å². The second kappa shape index (κ2) is 10.6. The van der Waals surface area contributed by atoms with Gasteiger partial charge in [-0.2, -0.15) is 0 Å². The number of rotatable bonds is 8. The second-order valence-corrected chi connectivity index (χ2v) is 7.36. The van der Waals surface area contributed by atoms with Crippen molar-refractivity contribution >= 4 is 29.7 Å². The van der Waals surface area contributed by atoms with E-state index in [-0.39, 0.29) is 42.7 Å². The summed E-state index contributed by atoms with van der Waals surface area (Å²) in [7, 11) is 1.56. The lowest BCUT2D eigenvalue weighted by Crippen LogP contribution is -2.39. The average Bonchev–Trinajstić information content (AvgIpc) is 3.05. The van der Waals surface area contributed by atoms with E-state index in [1.807, 2.05) is 36.9 Å². The van der Waals surface area contributed by atoms with E-state index >= 15 is 0 Å². The molecule has 0 aliphatic rings. The van der Waals surface area contributed by atoms with E-state index in [1.165, 1.54) is 12.1 Å². The lowest BCUT2D eigenvalue weighted by molar-refractivity contribution is -0.136. The molecular weight excluding hydrogens is 375 g/mol. The minimum atomic E-state index is -0.264. The molecule has 1 heterocycles. The topological polar surface area (TPSA) is 55.6 Å². The standard InChI is InChI=1S/C19H25FN2O2S.ClH/c1-13(2)22(19(23)10-16(11-21)24-3)12-17-7-8-18(25-17)14-5-4-6-15(20)9-14;/h4-9,13,16H,10-12,21H2,1-3H3;1H. The molecular formula is C19H26ClFN2O2S. The number of hydrogen-bond acceptors (Lipinski definition) is 4. The Balaban J connectivity index is 0.00000338. The smallest absolute Gasteiger partial charge is 0.225 e. The zero-order chi connectivity index (χ0) is 18.4. The van der Waals surface area contributed by atoms with E-state index in [1.54, 1.807) is 24.5 Å². The van der Waals surface area contributed by atoms with Gasteiger partial charge in [-0.05, 0) is 43.7 Å². The van der Waals surface area contributed by atoms with E-state index in [9.17, 15) is 9.18 Å². The van der Waals surface area contributed by atoms with Crippen molar-refractivity contribution in [2.45, 2.75) is 39.0 Å². The Morgan fingerprint density at radius 3 is 2.62 bits per heavy atom. The van der Waals surface area contributed by atoms with Crippen LogP contribution in [0.25, 0.3) is 10.4 Å². The third-order valence-electron chi connectivity index (χ3n) is 4.04. The van der Waals surface area contributed by atoms with Crippen LogP contribution in [0.4, 0.5) is 4.39 Å². The number of hydrogen-bond donors (Lipinski definition) is 1. The first-order valence-electron chi connectivity index (χ1n) is 8.31. The number of carbonyl (C=O) groups is 1. The average molecular weight is 401 g/mol. The van der Waals surface area contributed by atoms with Gasteiger partial charge in [-0.3, -0.25) is 4.79 Å². The van der Waals surface area contributed by atoms with Crippen molar-refractivity contribution in [3.05, 3.63) is 47.1 Å².